The van der Waals surface area contributed by atoms with Gasteiger partial charge in [-0.05, 0) is 18.9 Å². The zero-order valence-electron chi connectivity index (χ0n) is 8.85. The van der Waals surface area contributed by atoms with Crippen LogP contribution in [0.1, 0.15) is 38.5 Å². The summed E-state index contributed by atoms with van der Waals surface area (Å²) in [5, 5.41) is 3.41. The maximum absolute atomic E-state index is 4.97. The third-order valence-electron chi connectivity index (χ3n) is 2.94. The van der Waals surface area contributed by atoms with Gasteiger partial charge in [-0.15, -0.1) is 0 Å². The van der Waals surface area contributed by atoms with E-state index in [-0.39, 0.29) is 0 Å². The molecule has 0 aliphatic heterocycles. The van der Waals surface area contributed by atoms with Gasteiger partial charge in [-0.1, -0.05) is 32.1 Å². The number of hydrogen-bond donors (Lipinski definition) is 1. The Hall–Kier alpha value is -0.0800. The highest BCUT2D eigenvalue weighted by atomic mass is 16.5. The molecule has 0 atom stereocenters. The van der Waals surface area contributed by atoms with Crippen molar-refractivity contribution in [2.45, 2.75) is 38.5 Å². The van der Waals surface area contributed by atoms with Crippen molar-refractivity contribution in [3.8, 4) is 0 Å². The number of methoxy groups -OCH3 is 1. The molecule has 0 bridgehead atoms. The minimum atomic E-state index is 0.838. The summed E-state index contributed by atoms with van der Waals surface area (Å²) in [4.78, 5) is 0. The summed E-state index contributed by atoms with van der Waals surface area (Å²) in [6.45, 7) is 3.02. The predicted molar refractivity (Wildman–Crippen MR) is 55.9 cm³/mol. The van der Waals surface area contributed by atoms with Crippen LogP contribution in [0.2, 0.25) is 0 Å². The molecule has 1 rings (SSSR count). The van der Waals surface area contributed by atoms with Crippen LogP contribution in [-0.2, 0) is 4.74 Å². The molecule has 0 unspecified atom stereocenters. The van der Waals surface area contributed by atoms with Crippen LogP contribution < -0.4 is 5.32 Å². The molecular weight excluding hydrogens is 162 g/mol. The summed E-state index contributed by atoms with van der Waals surface area (Å²) in [6.07, 6.45) is 8.68. The van der Waals surface area contributed by atoms with Gasteiger partial charge < -0.3 is 10.1 Å². The van der Waals surface area contributed by atoms with Crippen molar-refractivity contribution in [2.24, 2.45) is 5.92 Å². The first-order valence-electron chi connectivity index (χ1n) is 5.63. The maximum Gasteiger partial charge on any atom is 0.0587 e. The lowest BCUT2D eigenvalue weighted by Crippen LogP contribution is -2.22. The summed E-state index contributed by atoms with van der Waals surface area (Å²) in [5.74, 6) is 1.00. The van der Waals surface area contributed by atoms with E-state index in [1.165, 1.54) is 45.1 Å². The Labute approximate surface area is 82.0 Å². The van der Waals surface area contributed by atoms with Gasteiger partial charge in [0.05, 0.1) is 6.61 Å². The zero-order valence-corrected chi connectivity index (χ0v) is 8.85. The summed E-state index contributed by atoms with van der Waals surface area (Å²) < 4.78 is 4.97. The van der Waals surface area contributed by atoms with E-state index < -0.39 is 0 Å². The lowest BCUT2D eigenvalue weighted by Gasteiger charge is -2.21. The Morgan fingerprint density at radius 2 is 1.92 bits per heavy atom. The van der Waals surface area contributed by atoms with Gasteiger partial charge in [0.1, 0.15) is 0 Å². The van der Waals surface area contributed by atoms with Crippen LogP contribution in [0.3, 0.4) is 0 Å². The van der Waals surface area contributed by atoms with Crippen LogP contribution in [0.5, 0.6) is 0 Å². The molecule has 0 radical (unpaired) electrons. The largest absolute Gasteiger partial charge is 0.383 e. The highest BCUT2D eigenvalue weighted by molar-refractivity contribution is 4.66. The van der Waals surface area contributed by atoms with Gasteiger partial charge in [0.15, 0.2) is 0 Å². The third-order valence-corrected chi connectivity index (χ3v) is 2.94. The zero-order chi connectivity index (χ0) is 9.36. The average Bonchev–Trinajstić information content (AvgIpc) is 2.19. The molecule has 1 N–H and O–H groups in total. The van der Waals surface area contributed by atoms with Crippen LogP contribution in [-0.4, -0.2) is 26.8 Å². The monoisotopic (exact) mass is 185 g/mol. The van der Waals surface area contributed by atoms with Gasteiger partial charge in [0, 0.05) is 13.7 Å². The van der Waals surface area contributed by atoms with E-state index in [0.717, 1.165) is 19.1 Å². The lowest BCUT2D eigenvalue weighted by molar-refractivity contribution is 0.198. The molecule has 0 aromatic heterocycles. The standard InChI is InChI=1S/C11H23NO/c1-13-10-9-12-8-7-11-5-3-2-4-6-11/h11-12H,2-10H2,1H3. The van der Waals surface area contributed by atoms with Crippen LogP contribution in [0.15, 0.2) is 0 Å². The van der Waals surface area contributed by atoms with E-state index in [0.29, 0.717) is 0 Å². The van der Waals surface area contributed by atoms with E-state index in [4.69, 9.17) is 4.74 Å². The molecule has 2 nitrogen and oxygen atoms in total. The molecule has 0 aromatic rings. The fourth-order valence-electron chi connectivity index (χ4n) is 2.08. The van der Waals surface area contributed by atoms with Crippen molar-refractivity contribution >= 4 is 0 Å². The predicted octanol–water partition coefficient (Wildman–Crippen LogP) is 2.19. The van der Waals surface area contributed by atoms with Gasteiger partial charge in [-0.3, -0.25) is 0 Å². The SMILES string of the molecule is COCCNCCC1CCCCC1. The molecule has 1 fully saturated rings. The highest BCUT2D eigenvalue weighted by Crippen LogP contribution is 2.25. The van der Waals surface area contributed by atoms with Gasteiger partial charge >= 0.3 is 0 Å². The van der Waals surface area contributed by atoms with E-state index in [1.54, 1.807) is 7.11 Å². The molecule has 0 aromatic carbocycles. The second kappa shape index (κ2) is 7.34. The molecular formula is C11H23NO. The Bertz CT molecular complexity index is 111. The molecule has 0 spiro atoms. The number of hydrogen-bond acceptors (Lipinski definition) is 2. The van der Waals surface area contributed by atoms with Crippen molar-refractivity contribution in [3.63, 3.8) is 0 Å². The topological polar surface area (TPSA) is 21.3 Å². The Kier molecular flexibility index (Phi) is 6.21. The Morgan fingerprint density at radius 1 is 1.15 bits per heavy atom. The first-order valence-corrected chi connectivity index (χ1v) is 5.63. The van der Waals surface area contributed by atoms with Crippen molar-refractivity contribution in [1.29, 1.82) is 0 Å². The Morgan fingerprint density at radius 3 is 2.62 bits per heavy atom. The fraction of sp³-hybridized carbons (Fsp3) is 1.00. The van der Waals surface area contributed by atoms with Crippen molar-refractivity contribution in [3.05, 3.63) is 0 Å². The van der Waals surface area contributed by atoms with Gasteiger partial charge in [-0.2, -0.15) is 0 Å². The quantitative estimate of drug-likeness (QED) is 0.640. The smallest absolute Gasteiger partial charge is 0.0587 e. The van der Waals surface area contributed by atoms with E-state index in [1.807, 2.05) is 0 Å². The Balaban J connectivity index is 1.86. The normalized spacial score (nSPS) is 19.2. The molecule has 13 heavy (non-hydrogen) atoms. The molecule has 1 aliphatic carbocycles. The molecule has 78 valence electrons. The molecule has 1 aliphatic rings. The minimum Gasteiger partial charge on any atom is -0.383 e. The number of nitrogens with one attached hydrogen (secondary N) is 1. The molecule has 0 saturated heterocycles. The van der Waals surface area contributed by atoms with E-state index >= 15 is 0 Å². The first kappa shape index (κ1) is 11.0. The van der Waals surface area contributed by atoms with Crippen molar-refractivity contribution < 1.29 is 4.74 Å². The summed E-state index contributed by atoms with van der Waals surface area (Å²) in [5.41, 5.74) is 0. The highest BCUT2D eigenvalue weighted by Gasteiger charge is 2.11. The van der Waals surface area contributed by atoms with Gasteiger partial charge in [0.25, 0.3) is 0 Å². The molecule has 0 amide bonds. The fourth-order valence-corrected chi connectivity index (χ4v) is 2.08. The summed E-state index contributed by atoms with van der Waals surface area (Å²) >= 11 is 0. The van der Waals surface area contributed by atoms with Gasteiger partial charge in [-0.25, -0.2) is 0 Å². The van der Waals surface area contributed by atoms with Crippen LogP contribution in [0.25, 0.3) is 0 Å². The van der Waals surface area contributed by atoms with Crippen LogP contribution >= 0.6 is 0 Å². The molecule has 0 heterocycles. The van der Waals surface area contributed by atoms with E-state index in [9.17, 15) is 0 Å². The van der Waals surface area contributed by atoms with Crippen LogP contribution in [0, 0.1) is 5.92 Å². The molecule has 2 heteroatoms. The summed E-state index contributed by atoms with van der Waals surface area (Å²) in [6, 6.07) is 0. The second-order valence-electron chi connectivity index (χ2n) is 4.04. The van der Waals surface area contributed by atoms with Gasteiger partial charge in [0.2, 0.25) is 0 Å². The number of ether oxygens (including phenoxy) is 1. The number of rotatable bonds is 6. The van der Waals surface area contributed by atoms with Crippen LogP contribution in [0.4, 0.5) is 0 Å². The lowest BCUT2D eigenvalue weighted by atomic mass is 9.87. The summed E-state index contributed by atoms with van der Waals surface area (Å²) in [7, 11) is 1.75. The minimum absolute atomic E-state index is 0.838. The van der Waals surface area contributed by atoms with E-state index in [2.05, 4.69) is 5.32 Å². The van der Waals surface area contributed by atoms with Crippen molar-refractivity contribution in [2.75, 3.05) is 26.8 Å². The average molecular weight is 185 g/mol. The van der Waals surface area contributed by atoms with Crippen molar-refractivity contribution in [1.82, 2.24) is 5.32 Å². The molecule has 1 saturated carbocycles. The third kappa shape index (κ3) is 5.27. The first-order chi connectivity index (χ1) is 6.43. The second-order valence-corrected chi connectivity index (χ2v) is 4.04. The maximum atomic E-state index is 4.97.